The average molecular weight is 887 g/mol. The summed E-state index contributed by atoms with van der Waals surface area (Å²) in [4.78, 5) is 65.7. The van der Waals surface area contributed by atoms with Gasteiger partial charge in [0.1, 0.15) is 17.7 Å². The highest BCUT2D eigenvalue weighted by Gasteiger charge is 2.43. The van der Waals surface area contributed by atoms with E-state index in [1.165, 1.54) is 25.4 Å². The van der Waals surface area contributed by atoms with E-state index in [1.54, 1.807) is 23.2 Å². The molecule has 4 aliphatic rings. The molecule has 0 aromatic carbocycles. The summed E-state index contributed by atoms with van der Waals surface area (Å²) in [5.74, 6) is 0.215. The summed E-state index contributed by atoms with van der Waals surface area (Å²) in [6, 6.07) is 1.95. The molecular formula is C43H54ClF3N8O7. The number of hydrogen-bond donors (Lipinski definition) is 5. The second kappa shape index (κ2) is 19.9. The van der Waals surface area contributed by atoms with Crippen molar-refractivity contribution in [3.8, 4) is 0 Å². The lowest BCUT2D eigenvalue weighted by Gasteiger charge is -2.34. The second-order valence-corrected chi connectivity index (χ2v) is 17.4. The van der Waals surface area contributed by atoms with Crippen molar-refractivity contribution in [2.45, 2.75) is 90.8 Å². The summed E-state index contributed by atoms with van der Waals surface area (Å²) in [6.07, 6.45) is 3.20. The Balaban J connectivity index is 1.13. The summed E-state index contributed by atoms with van der Waals surface area (Å²) >= 11 is 6.62. The van der Waals surface area contributed by atoms with Crippen LogP contribution in [0, 0.1) is 17.3 Å². The maximum Gasteiger partial charge on any atom is 0.523 e. The Morgan fingerprint density at radius 3 is 2.40 bits per heavy atom. The number of methoxy groups -OCH3 is 1. The summed E-state index contributed by atoms with van der Waals surface area (Å²) in [5.41, 5.74) is 2.12. The number of hydrogen-bond acceptors (Lipinski definition) is 10. The average Bonchev–Trinajstić information content (AvgIpc) is 3.89. The lowest BCUT2D eigenvalue weighted by Crippen LogP contribution is -2.53. The smallest absolute Gasteiger partial charge is 0.453 e. The maximum absolute atomic E-state index is 14.1. The first-order chi connectivity index (χ1) is 29.4. The third kappa shape index (κ3) is 11.8. The number of aromatic amines is 1. The number of anilines is 1. The van der Waals surface area contributed by atoms with Gasteiger partial charge >= 0.3 is 12.5 Å². The van der Waals surface area contributed by atoms with E-state index in [2.05, 4.69) is 47.9 Å². The van der Waals surface area contributed by atoms with E-state index >= 15 is 0 Å². The molecule has 6 rings (SSSR count). The first-order valence-corrected chi connectivity index (χ1v) is 21.1. The van der Waals surface area contributed by atoms with Gasteiger partial charge in [-0.15, -0.1) is 13.2 Å². The van der Waals surface area contributed by atoms with Gasteiger partial charge in [-0.2, -0.15) is 0 Å². The zero-order valence-corrected chi connectivity index (χ0v) is 36.2. The Bertz CT molecular complexity index is 2100. The standard InChI is InChI=1S/C43H54ClF3N8O7/c1-24-18-33(55(23-24)39(57)36(54-41(59)60-5)27-12-16-61-17-13-27)37-51-22-32(52-37)26-8-6-25(7-9-26)29-19-30(44)31(20-34(29)62-43(45,46)47)53-38(56)28-10-11-35(50-21-28)48-14-15-49-40(58)42(2,3)4/h6,8,10-11,19,21-22,24,27,33-34,36H,7,9,12-18,20,23H2,1-5H3,(H,48,50)(H,49,58)(H,51,52)(H,53,56)(H,54,59). The van der Waals surface area contributed by atoms with Crippen LogP contribution in [0.5, 0.6) is 0 Å². The number of H-pyrrole nitrogens is 1. The molecule has 4 unspecified atom stereocenters. The highest BCUT2D eigenvalue weighted by atomic mass is 35.5. The Morgan fingerprint density at radius 2 is 1.76 bits per heavy atom. The first kappa shape index (κ1) is 46.3. The number of rotatable bonds is 13. The predicted octanol–water partition coefficient (Wildman–Crippen LogP) is 6.66. The monoisotopic (exact) mass is 886 g/mol. The molecule has 2 aromatic rings. The van der Waals surface area contributed by atoms with Crippen molar-refractivity contribution in [3.63, 3.8) is 0 Å². The number of alkyl halides is 3. The van der Waals surface area contributed by atoms with Gasteiger partial charge in [-0.05, 0) is 78.9 Å². The minimum Gasteiger partial charge on any atom is -0.453 e. The van der Waals surface area contributed by atoms with Crippen LogP contribution in [-0.4, -0.2) is 102 Å². The van der Waals surface area contributed by atoms with E-state index in [4.69, 9.17) is 21.1 Å². The van der Waals surface area contributed by atoms with Crippen molar-refractivity contribution in [2.24, 2.45) is 17.3 Å². The Hall–Kier alpha value is -5.20. The van der Waals surface area contributed by atoms with Gasteiger partial charge in [-0.1, -0.05) is 51.4 Å². The molecule has 2 aliphatic carbocycles. The molecule has 2 aliphatic heterocycles. The molecule has 2 saturated heterocycles. The summed E-state index contributed by atoms with van der Waals surface area (Å²) in [7, 11) is 1.26. The number of likely N-dealkylation sites (tertiary alicyclic amines) is 1. The fourth-order valence-corrected chi connectivity index (χ4v) is 8.22. The molecule has 5 N–H and O–H groups in total. The van der Waals surface area contributed by atoms with Gasteiger partial charge in [0, 0.05) is 56.6 Å². The number of allylic oxidation sites excluding steroid dienone is 5. The van der Waals surface area contributed by atoms with Crippen molar-refractivity contribution in [3.05, 3.63) is 81.7 Å². The highest BCUT2D eigenvalue weighted by Crippen LogP contribution is 2.40. The van der Waals surface area contributed by atoms with E-state index in [-0.39, 0.29) is 58.0 Å². The molecule has 336 valence electrons. The van der Waals surface area contributed by atoms with Crippen LogP contribution in [-0.2, 0) is 23.8 Å². The third-order valence-corrected chi connectivity index (χ3v) is 11.6. The Labute approximate surface area is 363 Å². The van der Waals surface area contributed by atoms with E-state index < -0.39 is 35.9 Å². The Kier molecular flexibility index (Phi) is 14.9. The number of carbonyl (C=O) groups is 4. The molecular weight excluding hydrogens is 833 g/mol. The summed E-state index contributed by atoms with van der Waals surface area (Å²) < 4.78 is 56.3. The minimum absolute atomic E-state index is 0.0676. The predicted molar refractivity (Wildman–Crippen MR) is 224 cm³/mol. The molecule has 0 bridgehead atoms. The van der Waals surface area contributed by atoms with Crippen molar-refractivity contribution in [2.75, 3.05) is 45.3 Å². The molecule has 4 heterocycles. The van der Waals surface area contributed by atoms with Crippen molar-refractivity contribution >= 4 is 46.8 Å². The summed E-state index contributed by atoms with van der Waals surface area (Å²) in [6.45, 7) is 9.74. The molecule has 2 fully saturated rings. The highest BCUT2D eigenvalue weighted by molar-refractivity contribution is 6.32. The van der Waals surface area contributed by atoms with Gasteiger partial charge in [0.2, 0.25) is 11.8 Å². The molecule has 62 heavy (non-hydrogen) atoms. The number of alkyl carbamates (subject to hydrolysis) is 1. The normalized spacial score (nSPS) is 21.7. The molecule has 0 radical (unpaired) electrons. The number of nitrogens with zero attached hydrogens (tertiary/aromatic N) is 3. The largest absolute Gasteiger partial charge is 0.523 e. The number of aromatic nitrogens is 3. The van der Waals surface area contributed by atoms with Crippen LogP contribution in [0.1, 0.15) is 94.1 Å². The van der Waals surface area contributed by atoms with Crippen molar-refractivity contribution in [1.82, 2.24) is 35.8 Å². The molecule has 4 amide bonds. The number of carbonyl (C=O) groups excluding carboxylic acids is 4. The number of pyridine rings is 1. The Morgan fingerprint density at radius 1 is 1.03 bits per heavy atom. The van der Waals surface area contributed by atoms with Crippen LogP contribution >= 0.6 is 11.6 Å². The van der Waals surface area contributed by atoms with Crippen molar-refractivity contribution in [1.29, 1.82) is 0 Å². The SMILES string of the molecule is COC(=O)NC(C(=O)N1CC(C)CC1c1ncc(C2=CC=C(C3=CC(Cl)=C(NC(=O)c4ccc(NCCNC(=O)C(C)(C)C)nc4)CC3OC(F)(F)F)CC2)[nH]1)C1CCOCC1. The van der Waals surface area contributed by atoms with Crippen LogP contribution in [0.4, 0.5) is 23.8 Å². The van der Waals surface area contributed by atoms with E-state index in [0.29, 0.717) is 87.9 Å². The molecule has 15 nitrogen and oxygen atoms in total. The van der Waals surface area contributed by atoms with Gasteiger partial charge in [-0.3, -0.25) is 19.1 Å². The van der Waals surface area contributed by atoms with Gasteiger partial charge in [0.15, 0.2) is 0 Å². The first-order valence-electron chi connectivity index (χ1n) is 20.7. The van der Waals surface area contributed by atoms with Gasteiger partial charge < -0.3 is 40.6 Å². The number of halogens is 4. The van der Waals surface area contributed by atoms with Crippen LogP contribution < -0.4 is 21.3 Å². The lowest BCUT2D eigenvalue weighted by molar-refractivity contribution is -0.337. The fraction of sp³-hybridized carbons (Fsp3) is 0.535. The number of amides is 4. The molecule has 0 saturated carbocycles. The number of ether oxygens (including phenoxy) is 3. The quantitative estimate of drug-likeness (QED) is 0.136. The van der Waals surface area contributed by atoms with Gasteiger partial charge in [0.25, 0.3) is 5.91 Å². The molecule has 4 atom stereocenters. The molecule has 2 aromatic heterocycles. The van der Waals surface area contributed by atoms with Crippen LogP contribution in [0.15, 0.2) is 64.6 Å². The minimum atomic E-state index is -4.97. The number of imidazole rings is 1. The van der Waals surface area contributed by atoms with E-state index in [1.807, 2.05) is 26.8 Å². The topological polar surface area (TPSA) is 189 Å². The zero-order valence-electron chi connectivity index (χ0n) is 35.4. The summed E-state index contributed by atoms with van der Waals surface area (Å²) in [5, 5.41) is 11.3. The zero-order chi connectivity index (χ0) is 44.8. The molecule has 19 heteroatoms. The van der Waals surface area contributed by atoms with E-state index in [9.17, 15) is 32.3 Å². The third-order valence-electron chi connectivity index (χ3n) is 11.3. The van der Waals surface area contributed by atoms with Gasteiger partial charge in [0.05, 0.1) is 41.7 Å². The second-order valence-electron chi connectivity index (χ2n) is 17.0. The van der Waals surface area contributed by atoms with Crippen LogP contribution in [0.2, 0.25) is 0 Å². The van der Waals surface area contributed by atoms with Crippen LogP contribution in [0.3, 0.4) is 0 Å². The lowest BCUT2D eigenvalue weighted by atomic mass is 9.86. The van der Waals surface area contributed by atoms with E-state index in [0.717, 1.165) is 5.57 Å². The van der Waals surface area contributed by atoms with Gasteiger partial charge in [-0.25, -0.2) is 14.8 Å². The number of nitrogens with one attached hydrogen (secondary N) is 5. The molecule has 0 spiro atoms. The maximum atomic E-state index is 14.1. The van der Waals surface area contributed by atoms with Crippen molar-refractivity contribution < 1.29 is 46.6 Å². The van der Waals surface area contributed by atoms with Crippen LogP contribution in [0.25, 0.3) is 5.57 Å². The fourth-order valence-electron chi connectivity index (χ4n) is 7.97.